The molecule has 7 heteroatoms. The van der Waals surface area contributed by atoms with Crippen LogP contribution in [0.2, 0.25) is 0 Å². The Hall–Kier alpha value is -2.44. The third-order valence-corrected chi connectivity index (χ3v) is 4.07. The standard InChI is InChI=1S/C17H24N4O3/c1-3-4-6-19-16(23)14-5-7-18-15(12-14)17(24)21-10-8-20(9-11-21)13(2)22/h5,7,12H,3-4,6,8-11H2,1-2H3,(H,19,23). The second-order valence-electron chi connectivity index (χ2n) is 5.84. The molecule has 1 aliphatic rings. The summed E-state index contributed by atoms with van der Waals surface area (Å²) in [4.78, 5) is 43.4. The first-order chi connectivity index (χ1) is 11.5. The van der Waals surface area contributed by atoms with Gasteiger partial charge in [0.05, 0.1) is 0 Å². The van der Waals surface area contributed by atoms with Gasteiger partial charge in [-0.15, -0.1) is 0 Å². The van der Waals surface area contributed by atoms with Crippen LogP contribution in [-0.2, 0) is 4.79 Å². The average molecular weight is 332 g/mol. The molecule has 130 valence electrons. The lowest BCUT2D eigenvalue weighted by atomic mass is 10.2. The van der Waals surface area contributed by atoms with E-state index in [4.69, 9.17) is 0 Å². The number of unbranched alkanes of at least 4 members (excludes halogenated alkanes) is 1. The van der Waals surface area contributed by atoms with Gasteiger partial charge in [0.1, 0.15) is 5.69 Å². The highest BCUT2D eigenvalue weighted by Gasteiger charge is 2.24. The first-order valence-electron chi connectivity index (χ1n) is 8.32. The fourth-order valence-corrected chi connectivity index (χ4v) is 2.56. The smallest absolute Gasteiger partial charge is 0.272 e. The third kappa shape index (κ3) is 4.53. The molecule has 7 nitrogen and oxygen atoms in total. The topological polar surface area (TPSA) is 82.6 Å². The van der Waals surface area contributed by atoms with Crippen LogP contribution in [0, 0.1) is 0 Å². The molecule has 0 atom stereocenters. The van der Waals surface area contributed by atoms with Gasteiger partial charge in [0.25, 0.3) is 11.8 Å². The normalized spacial score (nSPS) is 14.4. The molecule has 2 heterocycles. The van der Waals surface area contributed by atoms with Gasteiger partial charge in [-0.1, -0.05) is 13.3 Å². The SMILES string of the molecule is CCCCNC(=O)c1ccnc(C(=O)N2CCN(C(C)=O)CC2)c1. The van der Waals surface area contributed by atoms with E-state index in [9.17, 15) is 14.4 Å². The van der Waals surface area contributed by atoms with Crippen LogP contribution in [0.1, 0.15) is 47.5 Å². The predicted molar refractivity (Wildman–Crippen MR) is 89.6 cm³/mol. The van der Waals surface area contributed by atoms with Gasteiger partial charge >= 0.3 is 0 Å². The number of nitrogens with zero attached hydrogens (tertiary/aromatic N) is 3. The molecule has 2 rings (SSSR count). The van der Waals surface area contributed by atoms with Crippen LogP contribution in [0.15, 0.2) is 18.3 Å². The fourth-order valence-electron chi connectivity index (χ4n) is 2.56. The highest BCUT2D eigenvalue weighted by atomic mass is 16.2. The van der Waals surface area contributed by atoms with Crippen molar-refractivity contribution < 1.29 is 14.4 Å². The van der Waals surface area contributed by atoms with Gasteiger partial charge in [-0.2, -0.15) is 0 Å². The van der Waals surface area contributed by atoms with Crippen LogP contribution in [0.25, 0.3) is 0 Å². The highest BCUT2D eigenvalue weighted by molar-refractivity contribution is 5.98. The first-order valence-corrected chi connectivity index (χ1v) is 8.32. The Morgan fingerprint density at radius 2 is 1.83 bits per heavy atom. The van der Waals surface area contributed by atoms with E-state index in [-0.39, 0.29) is 23.4 Å². The molecule has 0 unspecified atom stereocenters. The summed E-state index contributed by atoms with van der Waals surface area (Å²) in [7, 11) is 0. The zero-order valence-corrected chi connectivity index (χ0v) is 14.2. The zero-order chi connectivity index (χ0) is 17.5. The third-order valence-electron chi connectivity index (χ3n) is 4.07. The number of piperazine rings is 1. The Labute approximate surface area is 142 Å². The largest absolute Gasteiger partial charge is 0.352 e. The number of hydrogen-bond donors (Lipinski definition) is 1. The van der Waals surface area contributed by atoms with Crippen molar-refractivity contribution in [2.45, 2.75) is 26.7 Å². The van der Waals surface area contributed by atoms with Crippen molar-refractivity contribution in [3.63, 3.8) is 0 Å². The Morgan fingerprint density at radius 1 is 1.17 bits per heavy atom. The molecule has 0 bridgehead atoms. The van der Waals surface area contributed by atoms with Crippen LogP contribution >= 0.6 is 0 Å². The molecule has 0 saturated carbocycles. The second-order valence-corrected chi connectivity index (χ2v) is 5.84. The monoisotopic (exact) mass is 332 g/mol. The maximum absolute atomic E-state index is 12.5. The maximum atomic E-state index is 12.5. The van der Waals surface area contributed by atoms with Gasteiger partial charge in [-0.25, -0.2) is 0 Å². The average Bonchev–Trinajstić information content (AvgIpc) is 2.61. The Kier molecular flexibility index (Phi) is 6.28. The van der Waals surface area contributed by atoms with E-state index in [1.54, 1.807) is 15.9 Å². The van der Waals surface area contributed by atoms with E-state index in [2.05, 4.69) is 17.2 Å². The molecule has 1 aliphatic heterocycles. The molecule has 0 aromatic carbocycles. The molecule has 24 heavy (non-hydrogen) atoms. The molecule has 1 aromatic rings. The molecule has 1 saturated heterocycles. The number of carbonyl (C=O) groups is 3. The minimum atomic E-state index is -0.207. The van der Waals surface area contributed by atoms with Crippen molar-refractivity contribution in [1.82, 2.24) is 20.1 Å². The van der Waals surface area contributed by atoms with Gasteiger partial charge in [0, 0.05) is 51.4 Å². The number of carbonyl (C=O) groups excluding carboxylic acids is 3. The van der Waals surface area contributed by atoms with Crippen molar-refractivity contribution in [3.8, 4) is 0 Å². The van der Waals surface area contributed by atoms with E-state index < -0.39 is 0 Å². The Morgan fingerprint density at radius 3 is 2.46 bits per heavy atom. The second kappa shape index (κ2) is 8.42. The molecule has 0 radical (unpaired) electrons. The van der Waals surface area contributed by atoms with E-state index in [1.165, 1.54) is 19.2 Å². The van der Waals surface area contributed by atoms with Gasteiger partial charge in [0.2, 0.25) is 5.91 Å². The Bertz CT molecular complexity index is 610. The summed E-state index contributed by atoms with van der Waals surface area (Å²) in [6.45, 7) is 6.21. The van der Waals surface area contributed by atoms with Crippen LogP contribution < -0.4 is 5.32 Å². The summed E-state index contributed by atoms with van der Waals surface area (Å²) in [5.74, 6) is -0.381. The molecule has 1 N–H and O–H groups in total. The Balaban J connectivity index is 1.99. The predicted octanol–water partition coefficient (Wildman–Crippen LogP) is 0.916. The number of pyridine rings is 1. The summed E-state index contributed by atoms with van der Waals surface area (Å²) in [6.07, 6.45) is 3.41. The van der Waals surface area contributed by atoms with Crippen molar-refractivity contribution in [2.75, 3.05) is 32.7 Å². The zero-order valence-electron chi connectivity index (χ0n) is 14.2. The minimum absolute atomic E-state index is 0.0194. The van der Waals surface area contributed by atoms with Crippen molar-refractivity contribution in [3.05, 3.63) is 29.6 Å². The van der Waals surface area contributed by atoms with Gasteiger partial charge in [-0.3, -0.25) is 19.4 Å². The minimum Gasteiger partial charge on any atom is -0.352 e. The van der Waals surface area contributed by atoms with E-state index >= 15 is 0 Å². The van der Waals surface area contributed by atoms with Crippen LogP contribution in [0.4, 0.5) is 0 Å². The van der Waals surface area contributed by atoms with Gasteiger partial charge < -0.3 is 15.1 Å². The lowest BCUT2D eigenvalue weighted by Crippen LogP contribution is -2.50. The molecule has 3 amide bonds. The number of rotatable bonds is 5. The van der Waals surface area contributed by atoms with Gasteiger partial charge in [-0.05, 0) is 18.6 Å². The number of hydrogen-bond acceptors (Lipinski definition) is 4. The van der Waals surface area contributed by atoms with E-state index in [0.29, 0.717) is 38.3 Å². The number of nitrogens with one attached hydrogen (secondary N) is 1. The molecule has 0 spiro atoms. The van der Waals surface area contributed by atoms with Crippen LogP contribution in [0.5, 0.6) is 0 Å². The van der Waals surface area contributed by atoms with Crippen molar-refractivity contribution in [2.24, 2.45) is 0 Å². The summed E-state index contributed by atoms with van der Waals surface area (Å²) >= 11 is 0. The van der Waals surface area contributed by atoms with E-state index in [0.717, 1.165) is 12.8 Å². The summed E-state index contributed by atoms with van der Waals surface area (Å²) < 4.78 is 0. The quantitative estimate of drug-likeness (QED) is 0.813. The number of aromatic nitrogens is 1. The molecular weight excluding hydrogens is 308 g/mol. The molecule has 1 aromatic heterocycles. The summed E-state index contributed by atoms with van der Waals surface area (Å²) in [5, 5.41) is 2.83. The summed E-state index contributed by atoms with van der Waals surface area (Å²) in [5.41, 5.74) is 0.696. The fraction of sp³-hybridized carbons (Fsp3) is 0.529. The number of amides is 3. The summed E-state index contributed by atoms with van der Waals surface area (Å²) in [6, 6.07) is 3.13. The van der Waals surface area contributed by atoms with Crippen LogP contribution in [-0.4, -0.2) is 65.2 Å². The molecule has 0 aliphatic carbocycles. The molecule has 1 fully saturated rings. The van der Waals surface area contributed by atoms with Crippen molar-refractivity contribution in [1.29, 1.82) is 0 Å². The van der Waals surface area contributed by atoms with E-state index in [1.807, 2.05) is 0 Å². The lowest BCUT2D eigenvalue weighted by molar-refractivity contribution is -0.130. The van der Waals surface area contributed by atoms with Gasteiger partial charge in [0.15, 0.2) is 0 Å². The maximum Gasteiger partial charge on any atom is 0.272 e. The highest BCUT2D eigenvalue weighted by Crippen LogP contribution is 2.09. The van der Waals surface area contributed by atoms with Crippen molar-refractivity contribution >= 4 is 17.7 Å². The molecular formula is C17H24N4O3. The first kappa shape index (κ1) is 17.9. The lowest BCUT2D eigenvalue weighted by Gasteiger charge is -2.34. The van der Waals surface area contributed by atoms with Crippen LogP contribution in [0.3, 0.4) is 0 Å².